The zero-order valence-electron chi connectivity index (χ0n) is 13.0. The molecule has 5 heteroatoms. The first kappa shape index (κ1) is 17.5. The Kier molecular flexibility index (Phi) is 6.15. The van der Waals surface area contributed by atoms with Gasteiger partial charge in [-0.05, 0) is 53.3 Å². The molecule has 1 unspecified atom stereocenters. The van der Waals surface area contributed by atoms with Crippen LogP contribution in [0.5, 0.6) is 0 Å². The number of benzene rings is 2. The molecule has 0 N–H and O–H groups in total. The van der Waals surface area contributed by atoms with Crippen LogP contribution in [0.15, 0.2) is 54.6 Å². The number of halogens is 1. The summed E-state index contributed by atoms with van der Waals surface area (Å²) in [5.74, 6) is -0.724. The van der Waals surface area contributed by atoms with Crippen LogP contribution in [0.3, 0.4) is 0 Å². The predicted octanol–water partition coefficient (Wildman–Crippen LogP) is 3.67. The third-order valence-corrected chi connectivity index (χ3v) is 4.31. The molecular formula is C18H18INO3. The Morgan fingerprint density at radius 2 is 1.83 bits per heavy atom. The van der Waals surface area contributed by atoms with Gasteiger partial charge in [0, 0.05) is 10.6 Å². The highest BCUT2D eigenvalue weighted by atomic mass is 127. The van der Waals surface area contributed by atoms with Crippen LogP contribution in [0.4, 0.5) is 0 Å². The highest BCUT2D eigenvalue weighted by Crippen LogP contribution is 2.18. The summed E-state index contributed by atoms with van der Waals surface area (Å²) in [6, 6.07) is 16.7. The molecule has 0 saturated carbocycles. The maximum atomic E-state index is 12.2. The molecule has 23 heavy (non-hydrogen) atoms. The number of carbonyl (C=O) groups excluding carboxylic acids is 2. The Bertz CT molecular complexity index is 688. The van der Waals surface area contributed by atoms with Crippen molar-refractivity contribution < 1.29 is 14.3 Å². The van der Waals surface area contributed by atoms with Crippen LogP contribution in [0.1, 0.15) is 28.9 Å². The lowest BCUT2D eigenvalue weighted by molar-refractivity contribution is -0.135. The molecule has 0 bridgehead atoms. The van der Waals surface area contributed by atoms with E-state index in [9.17, 15) is 9.59 Å². The molecule has 120 valence electrons. The molecule has 0 radical (unpaired) electrons. The van der Waals surface area contributed by atoms with Gasteiger partial charge in [0.25, 0.3) is 5.91 Å². The molecule has 4 nitrogen and oxygen atoms in total. The Morgan fingerprint density at radius 3 is 2.48 bits per heavy atom. The Hall–Kier alpha value is -1.89. The summed E-state index contributed by atoms with van der Waals surface area (Å²) in [6.45, 7) is 1.67. The van der Waals surface area contributed by atoms with E-state index >= 15 is 0 Å². The van der Waals surface area contributed by atoms with Gasteiger partial charge >= 0.3 is 5.97 Å². The highest BCUT2D eigenvalue weighted by molar-refractivity contribution is 14.1. The Labute approximate surface area is 149 Å². The largest absolute Gasteiger partial charge is 0.452 e. The van der Waals surface area contributed by atoms with Crippen molar-refractivity contribution in [2.75, 3.05) is 13.7 Å². The normalized spacial score (nSPS) is 11.6. The van der Waals surface area contributed by atoms with Gasteiger partial charge in [-0.3, -0.25) is 4.79 Å². The van der Waals surface area contributed by atoms with E-state index in [-0.39, 0.29) is 18.6 Å². The van der Waals surface area contributed by atoms with E-state index in [1.807, 2.05) is 43.3 Å². The van der Waals surface area contributed by atoms with Crippen molar-refractivity contribution >= 4 is 34.5 Å². The Balaban J connectivity index is 1.92. The van der Waals surface area contributed by atoms with Crippen LogP contribution >= 0.6 is 22.6 Å². The van der Waals surface area contributed by atoms with Crippen molar-refractivity contribution in [1.29, 1.82) is 0 Å². The third-order valence-electron chi connectivity index (χ3n) is 3.64. The highest BCUT2D eigenvalue weighted by Gasteiger charge is 2.19. The molecule has 0 fully saturated rings. The molecule has 2 rings (SSSR count). The lowest BCUT2D eigenvalue weighted by Crippen LogP contribution is -2.33. The summed E-state index contributed by atoms with van der Waals surface area (Å²) in [5, 5.41) is 0. The van der Waals surface area contributed by atoms with Gasteiger partial charge in [0.1, 0.15) is 0 Å². The summed E-state index contributed by atoms with van der Waals surface area (Å²) in [4.78, 5) is 25.8. The van der Waals surface area contributed by atoms with Crippen LogP contribution in [-0.2, 0) is 9.53 Å². The molecule has 1 amide bonds. The number of rotatable bonds is 5. The first-order chi connectivity index (χ1) is 11.0. The fraction of sp³-hybridized carbons (Fsp3) is 0.222. The number of esters is 1. The smallest absolute Gasteiger partial charge is 0.338 e. The fourth-order valence-corrected chi connectivity index (χ4v) is 2.64. The van der Waals surface area contributed by atoms with Crippen LogP contribution in [-0.4, -0.2) is 30.4 Å². The monoisotopic (exact) mass is 423 g/mol. The quantitative estimate of drug-likeness (QED) is 0.545. The van der Waals surface area contributed by atoms with Crippen molar-refractivity contribution in [1.82, 2.24) is 4.90 Å². The number of amides is 1. The fourth-order valence-electron chi connectivity index (χ4n) is 2.10. The number of hydrogen-bond donors (Lipinski definition) is 0. The van der Waals surface area contributed by atoms with Crippen molar-refractivity contribution in [2.45, 2.75) is 13.0 Å². The number of carbonyl (C=O) groups is 2. The van der Waals surface area contributed by atoms with Crippen molar-refractivity contribution in [2.24, 2.45) is 0 Å². The van der Waals surface area contributed by atoms with Crippen molar-refractivity contribution in [3.63, 3.8) is 0 Å². The minimum absolute atomic E-state index is 0.0833. The first-order valence-electron chi connectivity index (χ1n) is 7.22. The van der Waals surface area contributed by atoms with E-state index in [0.717, 1.165) is 9.13 Å². The molecule has 0 aromatic heterocycles. The summed E-state index contributed by atoms with van der Waals surface area (Å²) in [6.07, 6.45) is 0. The topological polar surface area (TPSA) is 46.6 Å². The SMILES string of the molecule is CC(c1ccccc1)N(C)C(=O)COC(=O)c1cccc(I)c1. The minimum Gasteiger partial charge on any atom is -0.452 e. The van der Waals surface area contributed by atoms with E-state index < -0.39 is 5.97 Å². The van der Waals surface area contributed by atoms with Gasteiger partial charge in [-0.1, -0.05) is 36.4 Å². The maximum absolute atomic E-state index is 12.2. The molecule has 0 spiro atoms. The third kappa shape index (κ3) is 4.79. The molecule has 0 heterocycles. The van der Waals surface area contributed by atoms with E-state index in [1.165, 1.54) is 0 Å². The molecular weight excluding hydrogens is 405 g/mol. The maximum Gasteiger partial charge on any atom is 0.338 e. The van der Waals surface area contributed by atoms with E-state index in [1.54, 1.807) is 30.1 Å². The zero-order valence-corrected chi connectivity index (χ0v) is 15.2. The van der Waals surface area contributed by atoms with Crippen molar-refractivity contribution in [3.05, 3.63) is 69.3 Å². The Morgan fingerprint density at radius 1 is 1.13 bits per heavy atom. The minimum atomic E-state index is -0.488. The predicted molar refractivity (Wildman–Crippen MR) is 97.1 cm³/mol. The van der Waals surface area contributed by atoms with Gasteiger partial charge in [0.2, 0.25) is 0 Å². The van der Waals surface area contributed by atoms with Gasteiger partial charge < -0.3 is 9.64 Å². The van der Waals surface area contributed by atoms with Gasteiger partial charge in [-0.15, -0.1) is 0 Å². The number of ether oxygens (including phenoxy) is 1. The second-order valence-corrected chi connectivity index (χ2v) is 6.42. The van der Waals surface area contributed by atoms with E-state index in [4.69, 9.17) is 4.74 Å². The molecule has 2 aromatic carbocycles. The summed E-state index contributed by atoms with van der Waals surface area (Å²) in [5.41, 5.74) is 1.48. The van der Waals surface area contributed by atoms with Gasteiger partial charge in [-0.25, -0.2) is 4.79 Å². The van der Waals surface area contributed by atoms with Gasteiger partial charge in [0.15, 0.2) is 6.61 Å². The number of hydrogen-bond acceptors (Lipinski definition) is 3. The average Bonchev–Trinajstić information content (AvgIpc) is 2.58. The zero-order chi connectivity index (χ0) is 16.8. The molecule has 0 aliphatic carbocycles. The summed E-state index contributed by atoms with van der Waals surface area (Å²) in [7, 11) is 1.71. The molecule has 0 aliphatic rings. The van der Waals surface area contributed by atoms with Crippen LogP contribution in [0.2, 0.25) is 0 Å². The average molecular weight is 423 g/mol. The number of likely N-dealkylation sites (N-methyl/N-ethyl adjacent to an activating group) is 1. The van der Waals surface area contributed by atoms with E-state index in [0.29, 0.717) is 5.56 Å². The van der Waals surface area contributed by atoms with Crippen LogP contribution in [0.25, 0.3) is 0 Å². The number of nitrogens with zero attached hydrogens (tertiary/aromatic N) is 1. The standard InChI is InChI=1S/C18H18INO3/c1-13(14-7-4-3-5-8-14)20(2)17(21)12-23-18(22)15-9-6-10-16(19)11-15/h3-11,13H,12H2,1-2H3. The second kappa shape index (κ2) is 8.10. The summed E-state index contributed by atoms with van der Waals surface area (Å²) >= 11 is 2.12. The molecule has 1 atom stereocenters. The lowest BCUT2D eigenvalue weighted by atomic mass is 10.1. The van der Waals surface area contributed by atoms with E-state index in [2.05, 4.69) is 22.6 Å². The molecule has 0 saturated heterocycles. The lowest BCUT2D eigenvalue weighted by Gasteiger charge is -2.25. The summed E-state index contributed by atoms with van der Waals surface area (Å²) < 4.78 is 6.06. The van der Waals surface area contributed by atoms with Gasteiger partial charge in [-0.2, -0.15) is 0 Å². The molecule has 2 aromatic rings. The van der Waals surface area contributed by atoms with Gasteiger partial charge in [0.05, 0.1) is 11.6 Å². The first-order valence-corrected chi connectivity index (χ1v) is 8.30. The second-order valence-electron chi connectivity index (χ2n) is 5.18. The van der Waals surface area contributed by atoms with Crippen LogP contribution < -0.4 is 0 Å². The van der Waals surface area contributed by atoms with Crippen molar-refractivity contribution in [3.8, 4) is 0 Å². The van der Waals surface area contributed by atoms with Crippen LogP contribution in [0, 0.1) is 3.57 Å². The molecule has 0 aliphatic heterocycles.